The average molecular weight is 348 g/mol. The molecule has 0 aromatic heterocycles. The van der Waals surface area contributed by atoms with Crippen LogP contribution in [0.25, 0.3) is 0 Å². The molecule has 0 aliphatic carbocycles. The molecule has 1 amide bonds. The van der Waals surface area contributed by atoms with E-state index in [4.69, 9.17) is 0 Å². The van der Waals surface area contributed by atoms with Gasteiger partial charge in [0.1, 0.15) is 0 Å². The molecule has 5 heteroatoms. The lowest BCUT2D eigenvalue weighted by atomic mass is 9.74. The van der Waals surface area contributed by atoms with Crippen LogP contribution in [-0.2, 0) is 11.3 Å². The molecule has 2 rings (SSSR count). The zero-order valence-electron chi connectivity index (χ0n) is 15.7. The molecule has 1 saturated heterocycles. The third-order valence-electron chi connectivity index (χ3n) is 5.28. The van der Waals surface area contributed by atoms with Gasteiger partial charge >= 0.3 is 0 Å². The van der Waals surface area contributed by atoms with Crippen molar-refractivity contribution in [3.05, 3.63) is 35.4 Å². The molecule has 0 bridgehead atoms. The topological polar surface area (TPSA) is 64.0 Å². The highest BCUT2D eigenvalue weighted by molar-refractivity contribution is 5.78. The molecule has 2 N–H and O–H groups in total. The standard InChI is InChI=1S/C20H32N2O3/c1-4-10-20(15-23)14-22(11-9-18(20)24)19(25)13-21(3)12-17-7-5-16(2)6-8-17/h5-8,18,23-24H,4,9-15H2,1-3H3/t18-,20+/m1/s1. The Kier molecular flexibility index (Phi) is 6.99. The zero-order chi connectivity index (χ0) is 18.4. The molecule has 5 nitrogen and oxygen atoms in total. The van der Waals surface area contributed by atoms with Crippen LogP contribution in [0.4, 0.5) is 0 Å². The largest absolute Gasteiger partial charge is 0.396 e. The molecule has 25 heavy (non-hydrogen) atoms. The monoisotopic (exact) mass is 348 g/mol. The van der Waals surface area contributed by atoms with Gasteiger partial charge in [0.05, 0.1) is 19.3 Å². The van der Waals surface area contributed by atoms with Gasteiger partial charge in [0, 0.05) is 25.0 Å². The lowest BCUT2D eigenvalue weighted by molar-refractivity contribution is -0.143. The maximum absolute atomic E-state index is 12.7. The quantitative estimate of drug-likeness (QED) is 0.789. The summed E-state index contributed by atoms with van der Waals surface area (Å²) in [5, 5.41) is 20.2. The summed E-state index contributed by atoms with van der Waals surface area (Å²) in [5.41, 5.74) is 1.84. The molecule has 140 valence electrons. The van der Waals surface area contributed by atoms with Crippen molar-refractivity contribution in [1.29, 1.82) is 0 Å². The molecule has 1 aliphatic rings. The van der Waals surface area contributed by atoms with Crippen LogP contribution in [0.5, 0.6) is 0 Å². The van der Waals surface area contributed by atoms with Crippen molar-refractivity contribution >= 4 is 5.91 Å². The number of hydrogen-bond donors (Lipinski definition) is 2. The number of benzene rings is 1. The smallest absolute Gasteiger partial charge is 0.236 e. The van der Waals surface area contributed by atoms with Crippen molar-refractivity contribution in [2.45, 2.75) is 45.8 Å². The number of amides is 1. The van der Waals surface area contributed by atoms with E-state index in [1.807, 2.05) is 23.8 Å². The zero-order valence-corrected chi connectivity index (χ0v) is 15.7. The van der Waals surface area contributed by atoms with E-state index in [-0.39, 0.29) is 12.5 Å². The minimum atomic E-state index is -0.571. The molecule has 1 aromatic rings. The van der Waals surface area contributed by atoms with E-state index in [0.29, 0.717) is 26.1 Å². The highest BCUT2D eigenvalue weighted by atomic mass is 16.3. The molecule has 0 unspecified atom stereocenters. The Morgan fingerprint density at radius 1 is 1.36 bits per heavy atom. The van der Waals surface area contributed by atoms with E-state index in [0.717, 1.165) is 19.4 Å². The minimum Gasteiger partial charge on any atom is -0.396 e. The summed E-state index contributed by atoms with van der Waals surface area (Å²) in [5.74, 6) is 0.0652. The van der Waals surface area contributed by atoms with E-state index >= 15 is 0 Å². The summed E-state index contributed by atoms with van der Waals surface area (Å²) < 4.78 is 0. The molecular formula is C20H32N2O3. The fraction of sp³-hybridized carbons (Fsp3) is 0.650. The fourth-order valence-corrected chi connectivity index (χ4v) is 3.73. The highest BCUT2D eigenvalue weighted by Crippen LogP contribution is 2.34. The molecular weight excluding hydrogens is 316 g/mol. The van der Waals surface area contributed by atoms with Crippen LogP contribution < -0.4 is 0 Å². The van der Waals surface area contributed by atoms with Gasteiger partial charge in [-0.1, -0.05) is 43.2 Å². The summed E-state index contributed by atoms with van der Waals surface area (Å²) >= 11 is 0. The second-order valence-electron chi connectivity index (χ2n) is 7.55. The number of aliphatic hydroxyl groups excluding tert-OH is 2. The Bertz CT molecular complexity index is 561. The van der Waals surface area contributed by atoms with Crippen LogP contribution >= 0.6 is 0 Å². The predicted molar refractivity (Wildman–Crippen MR) is 99.1 cm³/mol. The first-order chi connectivity index (χ1) is 11.9. The van der Waals surface area contributed by atoms with Crippen molar-refractivity contribution in [3.63, 3.8) is 0 Å². The summed E-state index contributed by atoms with van der Waals surface area (Å²) in [4.78, 5) is 16.5. The molecule has 1 aliphatic heterocycles. The Balaban J connectivity index is 1.94. The normalized spacial score (nSPS) is 23.9. The van der Waals surface area contributed by atoms with Gasteiger partial charge in [0.25, 0.3) is 0 Å². The molecule has 0 radical (unpaired) electrons. The second-order valence-corrected chi connectivity index (χ2v) is 7.55. The number of likely N-dealkylation sites (N-methyl/N-ethyl adjacent to an activating group) is 1. The average Bonchev–Trinajstić information content (AvgIpc) is 2.59. The SMILES string of the molecule is CCC[C@@]1(CO)CN(C(=O)CN(C)Cc2ccc(C)cc2)CC[C@H]1O. The highest BCUT2D eigenvalue weighted by Gasteiger charge is 2.42. The van der Waals surface area contributed by atoms with Crippen LogP contribution in [0.2, 0.25) is 0 Å². The number of likely N-dealkylation sites (tertiary alicyclic amines) is 1. The van der Waals surface area contributed by atoms with Gasteiger partial charge in [-0.05, 0) is 32.4 Å². The van der Waals surface area contributed by atoms with Gasteiger partial charge in [-0.15, -0.1) is 0 Å². The Labute approximate surface area is 151 Å². The number of carbonyl (C=O) groups is 1. The first kappa shape index (κ1) is 19.9. The van der Waals surface area contributed by atoms with Gasteiger partial charge in [0.15, 0.2) is 0 Å². The van der Waals surface area contributed by atoms with E-state index in [1.165, 1.54) is 11.1 Å². The van der Waals surface area contributed by atoms with Gasteiger partial charge < -0.3 is 15.1 Å². The van der Waals surface area contributed by atoms with Gasteiger partial charge in [-0.25, -0.2) is 0 Å². The van der Waals surface area contributed by atoms with Gasteiger partial charge in [-0.3, -0.25) is 9.69 Å². The second kappa shape index (κ2) is 8.79. The van der Waals surface area contributed by atoms with Crippen LogP contribution in [0.3, 0.4) is 0 Å². The molecule has 1 aromatic carbocycles. The predicted octanol–water partition coefficient (Wildman–Crippen LogP) is 1.80. The number of aliphatic hydroxyl groups is 2. The van der Waals surface area contributed by atoms with E-state index in [9.17, 15) is 15.0 Å². The molecule has 2 atom stereocenters. The van der Waals surface area contributed by atoms with Crippen molar-refractivity contribution in [1.82, 2.24) is 9.80 Å². The van der Waals surface area contributed by atoms with E-state index in [1.54, 1.807) is 0 Å². The first-order valence-corrected chi connectivity index (χ1v) is 9.21. The summed E-state index contributed by atoms with van der Waals surface area (Å²) in [7, 11) is 1.95. The van der Waals surface area contributed by atoms with Crippen molar-refractivity contribution in [2.75, 3.05) is 33.3 Å². The first-order valence-electron chi connectivity index (χ1n) is 9.21. The Morgan fingerprint density at radius 2 is 2.04 bits per heavy atom. The van der Waals surface area contributed by atoms with E-state index < -0.39 is 11.5 Å². The lowest BCUT2D eigenvalue weighted by Gasteiger charge is -2.45. The summed E-state index contributed by atoms with van der Waals surface area (Å²) in [6.45, 7) is 6.09. The third-order valence-corrected chi connectivity index (χ3v) is 5.28. The van der Waals surface area contributed by atoms with Crippen LogP contribution in [0, 0.1) is 12.3 Å². The number of rotatable bonds is 7. The maximum atomic E-state index is 12.7. The number of nitrogens with zero attached hydrogens (tertiary/aromatic N) is 2. The number of piperidine rings is 1. The Morgan fingerprint density at radius 3 is 2.64 bits per heavy atom. The molecule has 0 spiro atoms. The number of carbonyl (C=O) groups excluding carboxylic acids is 1. The minimum absolute atomic E-state index is 0.0652. The number of hydrogen-bond acceptors (Lipinski definition) is 4. The van der Waals surface area contributed by atoms with Gasteiger partial charge in [0.2, 0.25) is 5.91 Å². The molecule has 1 heterocycles. The Hall–Kier alpha value is -1.43. The van der Waals surface area contributed by atoms with Crippen LogP contribution in [-0.4, -0.2) is 65.3 Å². The van der Waals surface area contributed by atoms with Crippen LogP contribution in [0.15, 0.2) is 24.3 Å². The molecule has 1 fully saturated rings. The molecule has 0 saturated carbocycles. The van der Waals surface area contributed by atoms with Crippen molar-refractivity contribution < 1.29 is 15.0 Å². The summed E-state index contributed by atoms with van der Waals surface area (Å²) in [6, 6.07) is 8.34. The van der Waals surface area contributed by atoms with Gasteiger partial charge in [-0.2, -0.15) is 0 Å². The fourth-order valence-electron chi connectivity index (χ4n) is 3.73. The summed E-state index contributed by atoms with van der Waals surface area (Å²) in [6.07, 6.45) is 1.61. The lowest BCUT2D eigenvalue weighted by Crippen LogP contribution is -2.56. The maximum Gasteiger partial charge on any atom is 0.236 e. The number of aryl methyl sites for hydroxylation is 1. The van der Waals surface area contributed by atoms with Crippen LogP contribution in [0.1, 0.15) is 37.3 Å². The van der Waals surface area contributed by atoms with Crippen molar-refractivity contribution in [3.8, 4) is 0 Å². The van der Waals surface area contributed by atoms with E-state index in [2.05, 4.69) is 31.2 Å². The third kappa shape index (κ3) is 5.03. The van der Waals surface area contributed by atoms with Crippen molar-refractivity contribution in [2.24, 2.45) is 5.41 Å².